The molecule has 0 aromatic carbocycles. The van der Waals surface area contributed by atoms with E-state index in [4.69, 9.17) is 0 Å². The molecule has 0 radical (unpaired) electrons. The van der Waals surface area contributed by atoms with Crippen LogP contribution in [0, 0.1) is 5.92 Å². The lowest BCUT2D eigenvalue weighted by molar-refractivity contribution is 0.342. The molecule has 0 aromatic rings. The molecule has 2 aliphatic carbocycles. The molecule has 0 saturated heterocycles. The van der Waals surface area contributed by atoms with Gasteiger partial charge in [-0.1, -0.05) is 18.6 Å². The maximum Gasteiger partial charge on any atom is 0.00777 e. The fourth-order valence-corrected chi connectivity index (χ4v) is 3.75. The van der Waals surface area contributed by atoms with Crippen LogP contribution in [0.3, 0.4) is 0 Å². The zero-order valence-corrected chi connectivity index (χ0v) is 11.3. The van der Waals surface area contributed by atoms with Crippen molar-refractivity contribution < 1.29 is 0 Å². The smallest absolute Gasteiger partial charge is 0.00777 e. The molecule has 1 N–H and O–H groups in total. The molecular weight excluding hydrogens is 214 g/mol. The molecule has 0 aliphatic heterocycles. The Balaban J connectivity index is 1.66. The van der Waals surface area contributed by atoms with Crippen molar-refractivity contribution in [2.24, 2.45) is 5.92 Å². The third-order valence-electron chi connectivity index (χ3n) is 4.03. The average Bonchev–Trinajstić information content (AvgIpc) is 2.38. The lowest BCUT2D eigenvalue weighted by atomic mass is 9.91. The number of rotatable bonds is 4. The summed E-state index contributed by atoms with van der Waals surface area (Å²) in [4.78, 5) is 0. The van der Waals surface area contributed by atoms with E-state index in [9.17, 15) is 0 Å². The van der Waals surface area contributed by atoms with Crippen LogP contribution >= 0.6 is 11.8 Å². The highest BCUT2D eigenvalue weighted by molar-refractivity contribution is 7.99. The van der Waals surface area contributed by atoms with Crippen LogP contribution in [0.15, 0.2) is 12.2 Å². The standard InChI is InChI=1S/C14H25NS/c1-16-14-9-5-8-13(10-14)15-11-12-6-3-2-4-7-12/h2-3,12-15H,4-11H2,1H3. The van der Waals surface area contributed by atoms with Crippen molar-refractivity contribution in [3.8, 4) is 0 Å². The Kier molecular flexibility index (Phi) is 5.24. The number of nitrogens with one attached hydrogen (secondary N) is 1. The molecule has 3 unspecified atom stereocenters. The van der Waals surface area contributed by atoms with Gasteiger partial charge in [-0.05, 0) is 57.2 Å². The summed E-state index contributed by atoms with van der Waals surface area (Å²) in [6.45, 7) is 1.25. The van der Waals surface area contributed by atoms with E-state index in [2.05, 4.69) is 35.5 Å². The predicted molar refractivity (Wildman–Crippen MR) is 74.0 cm³/mol. The van der Waals surface area contributed by atoms with Crippen LogP contribution in [0.5, 0.6) is 0 Å². The Morgan fingerprint density at radius 2 is 2.19 bits per heavy atom. The fourth-order valence-electron chi connectivity index (χ4n) is 2.92. The van der Waals surface area contributed by atoms with E-state index in [1.165, 1.54) is 51.5 Å². The normalized spacial score (nSPS) is 35.2. The molecule has 1 fully saturated rings. The summed E-state index contributed by atoms with van der Waals surface area (Å²) in [6, 6.07) is 0.803. The molecule has 92 valence electrons. The van der Waals surface area contributed by atoms with Gasteiger partial charge in [0.2, 0.25) is 0 Å². The van der Waals surface area contributed by atoms with Gasteiger partial charge in [-0.15, -0.1) is 0 Å². The first-order valence-corrected chi connectivity index (χ1v) is 8.08. The Morgan fingerprint density at radius 3 is 2.94 bits per heavy atom. The molecule has 0 heterocycles. The zero-order chi connectivity index (χ0) is 11.2. The van der Waals surface area contributed by atoms with Gasteiger partial charge in [-0.2, -0.15) is 11.8 Å². The summed E-state index contributed by atoms with van der Waals surface area (Å²) in [6.07, 6.45) is 16.6. The molecule has 2 rings (SSSR count). The van der Waals surface area contributed by atoms with Gasteiger partial charge in [-0.3, -0.25) is 0 Å². The lowest BCUT2D eigenvalue weighted by Gasteiger charge is -2.30. The van der Waals surface area contributed by atoms with Gasteiger partial charge in [0.25, 0.3) is 0 Å². The number of thioether (sulfide) groups is 1. The highest BCUT2D eigenvalue weighted by Gasteiger charge is 2.21. The Hall–Kier alpha value is 0.0500. The fraction of sp³-hybridized carbons (Fsp3) is 0.857. The highest BCUT2D eigenvalue weighted by atomic mass is 32.2. The molecule has 0 amide bonds. The Bertz CT molecular complexity index is 227. The minimum atomic E-state index is 0.803. The van der Waals surface area contributed by atoms with Crippen LogP contribution in [0.2, 0.25) is 0 Å². The SMILES string of the molecule is CSC1CCCC(NCC2CC=CCC2)C1. The molecule has 1 nitrogen and oxygen atoms in total. The molecule has 0 spiro atoms. The maximum atomic E-state index is 3.81. The van der Waals surface area contributed by atoms with E-state index in [1.54, 1.807) is 0 Å². The zero-order valence-electron chi connectivity index (χ0n) is 10.5. The van der Waals surface area contributed by atoms with Crippen LogP contribution < -0.4 is 5.32 Å². The highest BCUT2D eigenvalue weighted by Crippen LogP contribution is 2.27. The van der Waals surface area contributed by atoms with E-state index < -0.39 is 0 Å². The predicted octanol–water partition coefficient (Wildman–Crippen LogP) is 3.61. The Morgan fingerprint density at radius 1 is 1.25 bits per heavy atom. The van der Waals surface area contributed by atoms with Crippen molar-refractivity contribution in [1.82, 2.24) is 5.32 Å². The third-order valence-corrected chi connectivity index (χ3v) is 5.13. The van der Waals surface area contributed by atoms with Crippen LogP contribution in [-0.4, -0.2) is 24.1 Å². The van der Waals surface area contributed by atoms with Crippen LogP contribution in [0.1, 0.15) is 44.9 Å². The summed E-state index contributed by atoms with van der Waals surface area (Å²) in [7, 11) is 0. The first-order chi connectivity index (χ1) is 7.88. The van der Waals surface area contributed by atoms with Crippen molar-refractivity contribution >= 4 is 11.8 Å². The van der Waals surface area contributed by atoms with Crippen LogP contribution in [0.4, 0.5) is 0 Å². The van der Waals surface area contributed by atoms with Crippen LogP contribution in [0.25, 0.3) is 0 Å². The second-order valence-corrected chi connectivity index (χ2v) is 6.42. The van der Waals surface area contributed by atoms with E-state index >= 15 is 0 Å². The minimum Gasteiger partial charge on any atom is -0.314 e. The molecule has 2 heteroatoms. The van der Waals surface area contributed by atoms with Gasteiger partial charge in [0.15, 0.2) is 0 Å². The molecule has 16 heavy (non-hydrogen) atoms. The third kappa shape index (κ3) is 3.81. The molecule has 0 aromatic heterocycles. The maximum absolute atomic E-state index is 3.81. The van der Waals surface area contributed by atoms with Gasteiger partial charge < -0.3 is 5.32 Å². The van der Waals surface area contributed by atoms with Gasteiger partial charge >= 0.3 is 0 Å². The lowest BCUT2D eigenvalue weighted by Crippen LogP contribution is -2.38. The molecule has 3 atom stereocenters. The van der Waals surface area contributed by atoms with E-state index in [0.29, 0.717) is 0 Å². The Labute approximate surface area is 104 Å². The molecular formula is C14H25NS. The van der Waals surface area contributed by atoms with Gasteiger partial charge in [0.05, 0.1) is 0 Å². The monoisotopic (exact) mass is 239 g/mol. The quantitative estimate of drug-likeness (QED) is 0.752. The van der Waals surface area contributed by atoms with Crippen molar-refractivity contribution in [2.75, 3.05) is 12.8 Å². The number of hydrogen-bond acceptors (Lipinski definition) is 2. The second-order valence-electron chi connectivity index (χ2n) is 5.28. The van der Waals surface area contributed by atoms with E-state index in [0.717, 1.165) is 17.2 Å². The van der Waals surface area contributed by atoms with Gasteiger partial charge in [-0.25, -0.2) is 0 Å². The summed E-state index contributed by atoms with van der Waals surface area (Å²) in [5.41, 5.74) is 0. The van der Waals surface area contributed by atoms with Crippen molar-refractivity contribution in [1.29, 1.82) is 0 Å². The topological polar surface area (TPSA) is 12.0 Å². The summed E-state index contributed by atoms with van der Waals surface area (Å²) < 4.78 is 0. The number of allylic oxidation sites excluding steroid dienone is 2. The van der Waals surface area contributed by atoms with E-state index in [1.807, 2.05) is 0 Å². The summed E-state index contributed by atoms with van der Waals surface area (Å²) in [5.74, 6) is 0.902. The summed E-state index contributed by atoms with van der Waals surface area (Å²) in [5, 5.41) is 4.72. The summed E-state index contributed by atoms with van der Waals surface area (Å²) >= 11 is 2.06. The largest absolute Gasteiger partial charge is 0.314 e. The van der Waals surface area contributed by atoms with Crippen molar-refractivity contribution in [3.05, 3.63) is 12.2 Å². The molecule has 0 bridgehead atoms. The van der Waals surface area contributed by atoms with Gasteiger partial charge in [0, 0.05) is 11.3 Å². The van der Waals surface area contributed by atoms with Crippen LogP contribution in [-0.2, 0) is 0 Å². The van der Waals surface area contributed by atoms with Crippen molar-refractivity contribution in [2.45, 2.75) is 56.2 Å². The van der Waals surface area contributed by atoms with Gasteiger partial charge in [0.1, 0.15) is 0 Å². The first kappa shape index (κ1) is 12.5. The van der Waals surface area contributed by atoms with E-state index in [-0.39, 0.29) is 0 Å². The van der Waals surface area contributed by atoms with Crippen molar-refractivity contribution in [3.63, 3.8) is 0 Å². The number of hydrogen-bond donors (Lipinski definition) is 1. The second kappa shape index (κ2) is 6.70. The molecule has 1 saturated carbocycles. The first-order valence-electron chi connectivity index (χ1n) is 6.79. The molecule has 2 aliphatic rings. The average molecular weight is 239 g/mol. The minimum absolute atomic E-state index is 0.803.